The van der Waals surface area contributed by atoms with E-state index in [0.717, 1.165) is 39.6 Å². The molecule has 0 fully saturated rings. The van der Waals surface area contributed by atoms with Crippen LogP contribution in [-0.2, 0) is 6.54 Å². The van der Waals surface area contributed by atoms with Crippen molar-refractivity contribution in [1.29, 1.82) is 0 Å². The Kier molecular flexibility index (Phi) is 18.7. The van der Waals surface area contributed by atoms with Crippen LogP contribution in [0.25, 0.3) is 11.1 Å². The number of fused-ring (bicyclic) bond motifs is 1. The van der Waals surface area contributed by atoms with Crippen LogP contribution in [0.2, 0.25) is 0 Å². The molecule has 0 saturated carbocycles. The van der Waals surface area contributed by atoms with Crippen molar-refractivity contribution < 1.29 is 0 Å². The van der Waals surface area contributed by atoms with E-state index in [-0.39, 0.29) is 5.92 Å². The highest BCUT2D eigenvalue weighted by Crippen LogP contribution is 2.40. The van der Waals surface area contributed by atoms with Crippen molar-refractivity contribution in [3.8, 4) is 12.3 Å². The summed E-state index contributed by atoms with van der Waals surface area (Å²) in [6.45, 7) is 27.7. The third-order valence-electron chi connectivity index (χ3n) is 9.77. The maximum absolute atomic E-state index is 6.31. The van der Waals surface area contributed by atoms with Crippen molar-refractivity contribution in [3.63, 3.8) is 0 Å². The lowest BCUT2D eigenvalue weighted by molar-refractivity contribution is 0.445. The van der Waals surface area contributed by atoms with Gasteiger partial charge < -0.3 is 9.80 Å². The number of nitrogens with zero attached hydrogens (tertiary/aromatic N) is 2. The number of rotatable bonds is 17. The van der Waals surface area contributed by atoms with Crippen molar-refractivity contribution in [2.45, 2.75) is 74.8 Å². The summed E-state index contributed by atoms with van der Waals surface area (Å²) in [5, 5.41) is 0. The number of hydrogen-bond donors (Lipinski definition) is 0. The molecule has 2 nitrogen and oxygen atoms in total. The molecule has 1 aliphatic rings. The van der Waals surface area contributed by atoms with Gasteiger partial charge in [-0.3, -0.25) is 0 Å². The fourth-order valence-corrected chi connectivity index (χ4v) is 6.84. The van der Waals surface area contributed by atoms with E-state index in [9.17, 15) is 0 Å². The molecule has 0 amide bonds. The van der Waals surface area contributed by atoms with Crippen LogP contribution in [0.1, 0.15) is 90.5 Å². The predicted octanol–water partition coefficient (Wildman–Crippen LogP) is 15.0. The fourth-order valence-electron chi connectivity index (χ4n) is 6.84. The summed E-state index contributed by atoms with van der Waals surface area (Å²) in [6, 6.07) is 17.1. The number of hydrogen-bond acceptors (Lipinski definition) is 2. The summed E-state index contributed by atoms with van der Waals surface area (Å²) in [5.41, 5.74) is 14.4. The maximum Gasteiger partial charge on any atom is 0.100 e. The molecule has 3 rings (SSSR count). The summed E-state index contributed by atoms with van der Waals surface area (Å²) in [7, 11) is 0. The molecule has 292 valence electrons. The molecule has 57 heavy (non-hydrogen) atoms. The molecule has 0 bridgehead atoms. The molecule has 2 heteroatoms. The van der Waals surface area contributed by atoms with Crippen molar-refractivity contribution in [2.75, 3.05) is 0 Å². The topological polar surface area (TPSA) is 6.48 Å². The van der Waals surface area contributed by atoms with Gasteiger partial charge in [-0.05, 0) is 125 Å². The Morgan fingerprint density at radius 1 is 0.789 bits per heavy atom. The molecule has 0 radical (unpaired) electrons. The lowest BCUT2D eigenvalue weighted by Crippen LogP contribution is -2.26. The molecule has 1 heterocycles. The number of benzene rings is 2. The first-order chi connectivity index (χ1) is 27.6. The zero-order chi connectivity index (χ0) is 41.7. The average molecular weight is 751 g/mol. The first-order valence-electron chi connectivity index (χ1n) is 19.8. The quantitative estimate of drug-likeness (QED) is 0.117. The van der Waals surface area contributed by atoms with Gasteiger partial charge in [-0.1, -0.05) is 160 Å². The Morgan fingerprint density at radius 2 is 1.54 bits per heavy atom. The van der Waals surface area contributed by atoms with Crippen LogP contribution in [0.15, 0.2) is 217 Å². The Bertz CT molecular complexity index is 2180. The number of allylic oxidation sites excluding steroid dienone is 25. The molecule has 2 aromatic rings. The minimum Gasteiger partial charge on any atom is -0.330 e. The molecular formula is C55H62N2. The lowest BCUT2D eigenvalue weighted by Gasteiger charge is -2.34. The predicted molar refractivity (Wildman–Crippen MR) is 252 cm³/mol. The van der Waals surface area contributed by atoms with Gasteiger partial charge in [0.05, 0.1) is 0 Å². The van der Waals surface area contributed by atoms with Gasteiger partial charge in [-0.15, -0.1) is 6.42 Å². The van der Waals surface area contributed by atoms with Crippen molar-refractivity contribution >= 4 is 11.1 Å². The molecule has 1 atom stereocenters. The minimum atomic E-state index is 0.0337. The summed E-state index contributed by atoms with van der Waals surface area (Å²) >= 11 is 0. The Labute approximate surface area is 345 Å². The van der Waals surface area contributed by atoms with Gasteiger partial charge in [0.25, 0.3) is 0 Å². The van der Waals surface area contributed by atoms with Crippen LogP contribution in [0.4, 0.5) is 0 Å². The second-order valence-corrected chi connectivity index (χ2v) is 13.7. The van der Waals surface area contributed by atoms with E-state index in [4.69, 9.17) is 6.42 Å². The van der Waals surface area contributed by atoms with E-state index >= 15 is 0 Å². The number of terminal acetylenes is 1. The zero-order valence-electron chi connectivity index (χ0n) is 35.8. The van der Waals surface area contributed by atoms with Crippen LogP contribution in [0.5, 0.6) is 0 Å². The van der Waals surface area contributed by atoms with Gasteiger partial charge in [0.15, 0.2) is 0 Å². The van der Waals surface area contributed by atoms with Gasteiger partial charge >= 0.3 is 0 Å². The van der Waals surface area contributed by atoms with Gasteiger partial charge in [0.1, 0.15) is 5.70 Å². The summed E-state index contributed by atoms with van der Waals surface area (Å²) in [6.07, 6.45) is 46.2. The van der Waals surface area contributed by atoms with Crippen LogP contribution in [0.3, 0.4) is 0 Å². The van der Waals surface area contributed by atoms with Crippen LogP contribution in [-0.4, -0.2) is 9.80 Å². The molecule has 0 aromatic heterocycles. The fraction of sp³-hybridized carbons (Fsp3) is 0.200. The second-order valence-electron chi connectivity index (χ2n) is 13.7. The van der Waals surface area contributed by atoms with E-state index in [1.807, 2.05) is 50.3 Å². The third-order valence-corrected chi connectivity index (χ3v) is 9.77. The van der Waals surface area contributed by atoms with E-state index in [2.05, 4.69) is 199 Å². The highest BCUT2D eigenvalue weighted by molar-refractivity contribution is 5.85. The minimum absolute atomic E-state index is 0.0337. The van der Waals surface area contributed by atoms with E-state index in [0.29, 0.717) is 6.54 Å². The van der Waals surface area contributed by atoms with E-state index in [1.165, 1.54) is 33.4 Å². The van der Waals surface area contributed by atoms with Gasteiger partial charge in [-0.25, -0.2) is 0 Å². The van der Waals surface area contributed by atoms with Crippen molar-refractivity contribution in [2.24, 2.45) is 0 Å². The smallest absolute Gasteiger partial charge is 0.100 e. The second kappa shape index (κ2) is 23.6. The zero-order valence-corrected chi connectivity index (χ0v) is 35.8. The summed E-state index contributed by atoms with van der Waals surface area (Å²) in [4.78, 5) is 4.51. The van der Waals surface area contributed by atoms with E-state index in [1.54, 1.807) is 6.08 Å². The standard InChI is InChI=1S/C55H62N2/c1-13-21-24-30-45(12)57(50(19-7)39-38-46(17-5)42(9)36-37-43(10)47-31-25-23-26-32-47)51(28-15-3)40-44(11)52-35-27-33-48-41-56(49(18-6)34-22-14-2)54(20-8)53(29-16-4)55(48)52/h8,13-19,21-40,44H,1,6,41H2,2-5,7,9-12H3/b22-14-,24-21-,28-15-,29-16-,39-38-,42-36+,43-37+,45-30+,46-17+,49-34+,50-19+,51-40+. The van der Waals surface area contributed by atoms with E-state index < -0.39 is 0 Å². The van der Waals surface area contributed by atoms with Crippen LogP contribution < -0.4 is 0 Å². The summed E-state index contributed by atoms with van der Waals surface area (Å²) < 4.78 is 0. The highest BCUT2D eigenvalue weighted by atomic mass is 15.2. The molecule has 0 N–H and O–H groups in total. The molecule has 0 spiro atoms. The van der Waals surface area contributed by atoms with Gasteiger partial charge in [0, 0.05) is 40.8 Å². The summed E-state index contributed by atoms with van der Waals surface area (Å²) in [5.74, 6) is 3.08. The van der Waals surface area contributed by atoms with Gasteiger partial charge in [-0.2, -0.15) is 0 Å². The first kappa shape index (κ1) is 45.1. The third kappa shape index (κ3) is 12.1. The first-order valence-corrected chi connectivity index (χ1v) is 19.8. The van der Waals surface area contributed by atoms with Crippen molar-refractivity contribution in [3.05, 3.63) is 239 Å². The molecule has 1 aliphatic heterocycles. The Morgan fingerprint density at radius 3 is 2.16 bits per heavy atom. The molecule has 2 aromatic carbocycles. The molecule has 0 saturated heterocycles. The largest absolute Gasteiger partial charge is 0.330 e. The van der Waals surface area contributed by atoms with Crippen LogP contribution in [0, 0.1) is 12.3 Å². The molecule has 0 aliphatic carbocycles. The lowest BCUT2D eigenvalue weighted by atomic mass is 9.83. The highest BCUT2D eigenvalue weighted by Gasteiger charge is 2.27. The van der Waals surface area contributed by atoms with Crippen LogP contribution >= 0.6 is 0 Å². The molecule has 1 unspecified atom stereocenters. The SMILES string of the molecule is C#CC1=C(/C=C\C)c2c(cccc2C(C)/C=C(\C=C/C)N(/C(C)=C/C=C\C=C)C(/C=C\C(=C/C)C(\C)=C\C=C(/C)c2ccccc2)=C/C)CN1/C(C=C)=C/C=C\C. The Balaban J connectivity index is 2.20. The van der Waals surface area contributed by atoms with Gasteiger partial charge in [0.2, 0.25) is 0 Å². The normalized spacial score (nSPS) is 16.1. The average Bonchev–Trinajstić information content (AvgIpc) is 3.22. The maximum atomic E-state index is 6.31. The Hall–Kier alpha value is -6.30. The molecular weight excluding hydrogens is 689 g/mol. The van der Waals surface area contributed by atoms with Crippen molar-refractivity contribution in [1.82, 2.24) is 9.80 Å². The monoisotopic (exact) mass is 750 g/mol.